The number of rotatable bonds is 8. The maximum atomic E-state index is 11.7. The normalized spacial score (nSPS) is 15.1. The Morgan fingerprint density at radius 3 is 2.25 bits per heavy atom. The Balaban J connectivity index is 4.63. The van der Waals surface area contributed by atoms with Crippen LogP contribution in [0.5, 0.6) is 0 Å². The second-order valence-electron chi connectivity index (χ2n) is 4.56. The summed E-state index contributed by atoms with van der Waals surface area (Å²) in [5, 5.41) is 3.18. The fraction of sp³-hybridized carbons (Fsp3) is 1.00. The van der Waals surface area contributed by atoms with Crippen LogP contribution in [0.4, 0.5) is 0 Å². The van der Waals surface area contributed by atoms with E-state index in [4.69, 9.17) is 4.74 Å². The van der Waals surface area contributed by atoms with Crippen molar-refractivity contribution in [2.24, 2.45) is 0 Å². The molecule has 0 aliphatic rings. The predicted molar refractivity (Wildman–Crippen MR) is 67.5 cm³/mol. The van der Waals surface area contributed by atoms with Crippen LogP contribution in [0.3, 0.4) is 0 Å². The summed E-state index contributed by atoms with van der Waals surface area (Å²) in [6.07, 6.45) is 2.22. The molecule has 98 valence electrons. The summed E-state index contributed by atoms with van der Waals surface area (Å²) in [5.74, 6) is 0. The lowest BCUT2D eigenvalue weighted by Crippen LogP contribution is -2.53. The van der Waals surface area contributed by atoms with Crippen LogP contribution in [-0.2, 0) is 14.6 Å². The molecule has 0 aromatic carbocycles. The van der Waals surface area contributed by atoms with Gasteiger partial charge in [-0.1, -0.05) is 13.8 Å². The van der Waals surface area contributed by atoms with Gasteiger partial charge >= 0.3 is 0 Å². The molecule has 0 fully saturated rings. The van der Waals surface area contributed by atoms with Crippen molar-refractivity contribution in [1.82, 2.24) is 5.32 Å². The molecule has 0 saturated heterocycles. The van der Waals surface area contributed by atoms with Crippen molar-refractivity contribution in [2.75, 3.05) is 26.0 Å². The first kappa shape index (κ1) is 15.9. The average molecular weight is 251 g/mol. The Morgan fingerprint density at radius 2 is 1.88 bits per heavy atom. The van der Waals surface area contributed by atoms with Gasteiger partial charge in [0.15, 0.2) is 9.84 Å². The van der Waals surface area contributed by atoms with Gasteiger partial charge < -0.3 is 10.1 Å². The molecule has 0 amide bonds. The van der Waals surface area contributed by atoms with E-state index in [9.17, 15) is 8.42 Å². The van der Waals surface area contributed by atoms with Crippen molar-refractivity contribution in [3.63, 3.8) is 0 Å². The largest absolute Gasteiger partial charge is 0.380 e. The van der Waals surface area contributed by atoms with Gasteiger partial charge in [-0.3, -0.25) is 0 Å². The zero-order valence-electron chi connectivity index (χ0n) is 11.0. The molecule has 16 heavy (non-hydrogen) atoms. The van der Waals surface area contributed by atoms with Gasteiger partial charge in [0.05, 0.1) is 11.4 Å². The highest BCUT2D eigenvalue weighted by molar-refractivity contribution is 7.92. The Morgan fingerprint density at radius 1 is 1.31 bits per heavy atom. The lowest BCUT2D eigenvalue weighted by Gasteiger charge is -2.33. The minimum absolute atomic E-state index is 0.168. The van der Waals surface area contributed by atoms with E-state index in [1.807, 2.05) is 13.8 Å². The Kier molecular flexibility index (Phi) is 6.51. The minimum atomic E-state index is -3.10. The van der Waals surface area contributed by atoms with E-state index in [1.165, 1.54) is 6.26 Å². The van der Waals surface area contributed by atoms with Crippen LogP contribution < -0.4 is 5.32 Å². The highest BCUT2D eigenvalue weighted by Gasteiger charge is 2.38. The Bertz CT molecular complexity index is 286. The highest BCUT2D eigenvalue weighted by Crippen LogP contribution is 2.20. The van der Waals surface area contributed by atoms with Gasteiger partial charge in [-0.15, -0.1) is 0 Å². The van der Waals surface area contributed by atoms with E-state index in [1.54, 1.807) is 13.8 Å². The van der Waals surface area contributed by atoms with Gasteiger partial charge in [-0.05, 0) is 26.8 Å². The molecule has 0 aromatic rings. The molecule has 1 atom stereocenters. The summed E-state index contributed by atoms with van der Waals surface area (Å²) >= 11 is 0. The van der Waals surface area contributed by atoms with Crippen LogP contribution in [0.2, 0.25) is 0 Å². The molecule has 1 N–H and O–H groups in total. The standard InChI is InChI=1S/C11H25NO3S/c1-6-8-15-9-10(12-7-2)11(3,4)16(5,13)14/h10,12H,6-9H2,1-5H3. The molecule has 0 spiro atoms. The van der Waals surface area contributed by atoms with Gasteiger partial charge in [0.25, 0.3) is 0 Å². The number of ether oxygens (including phenoxy) is 1. The number of hydrogen-bond donors (Lipinski definition) is 1. The van der Waals surface area contributed by atoms with Crippen molar-refractivity contribution in [3.05, 3.63) is 0 Å². The first-order chi connectivity index (χ1) is 7.27. The van der Waals surface area contributed by atoms with Gasteiger partial charge in [0.1, 0.15) is 0 Å². The summed E-state index contributed by atoms with van der Waals surface area (Å²) in [4.78, 5) is 0. The first-order valence-electron chi connectivity index (χ1n) is 5.78. The van der Waals surface area contributed by atoms with Gasteiger partial charge in [0, 0.05) is 18.9 Å². The second-order valence-corrected chi connectivity index (χ2v) is 7.16. The molecule has 0 rings (SSSR count). The molecule has 0 bridgehead atoms. The van der Waals surface area contributed by atoms with E-state index >= 15 is 0 Å². The quantitative estimate of drug-likeness (QED) is 0.659. The number of nitrogens with one attached hydrogen (secondary N) is 1. The van der Waals surface area contributed by atoms with Crippen molar-refractivity contribution in [3.8, 4) is 0 Å². The van der Waals surface area contributed by atoms with Gasteiger partial charge in [-0.25, -0.2) is 8.42 Å². The molecular formula is C11H25NO3S. The van der Waals surface area contributed by atoms with Crippen molar-refractivity contribution in [2.45, 2.75) is 44.9 Å². The van der Waals surface area contributed by atoms with Crippen LogP contribution in [0, 0.1) is 0 Å². The number of likely N-dealkylation sites (N-methyl/N-ethyl adjacent to an activating group) is 1. The Hall–Kier alpha value is -0.130. The highest BCUT2D eigenvalue weighted by atomic mass is 32.2. The lowest BCUT2D eigenvalue weighted by atomic mass is 10.0. The van der Waals surface area contributed by atoms with Crippen LogP contribution in [0.1, 0.15) is 34.1 Å². The third-order valence-electron chi connectivity index (χ3n) is 2.88. The molecule has 0 radical (unpaired) electrons. The van der Waals surface area contributed by atoms with E-state index in [-0.39, 0.29) is 6.04 Å². The van der Waals surface area contributed by atoms with Crippen LogP contribution in [0.25, 0.3) is 0 Å². The average Bonchev–Trinajstić information content (AvgIpc) is 2.15. The van der Waals surface area contributed by atoms with Crippen molar-refractivity contribution >= 4 is 9.84 Å². The molecule has 4 nitrogen and oxygen atoms in total. The molecule has 1 unspecified atom stereocenters. The second kappa shape index (κ2) is 6.57. The fourth-order valence-electron chi connectivity index (χ4n) is 1.36. The summed E-state index contributed by atoms with van der Waals surface area (Å²) in [6.45, 7) is 9.31. The number of hydrogen-bond acceptors (Lipinski definition) is 4. The molecule has 0 heterocycles. The van der Waals surface area contributed by atoms with Gasteiger partial charge in [0.2, 0.25) is 0 Å². The zero-order valence-corrected chi connectivity index (χ0v) is 11.9. The summed E-state index contributed by atoms with van der Waals surface area (Å²) in [6, 6.07) is -0.168. The van der Waals surface area contributed by atoms with E-state index in [0.717, 1.165) is 13.0 Å². The molecule has 0 aromatic heterocycles. The molecule has 0 aliphatic heterocycles. The zero-order chi connectivity index (χ0) is 12.8. The van der Waals surface area contributed by atoms with Crippen molar-refractivity contribution < 1.29 is 13.2 Å². The van der Waals surface area contributed by atoms with E-state index in [0.29, 0.717) is 13.2 Å². The van der Waals surface area contributed by atoms with Crippen LogP contribution >= 0.6 is 0 Å². The van der Waals surface area contributed by atoms with Crippen molar-refractivity contribution in [1.29, 1.82) is 0 Å². The lowest BCUT2D eigenvalue weighted by molar-refractivity contribution is 0.103. The summed E-state index contributed by atoms with van der Waals surface area (Å²) < 4.78 is 28.1. The van der Waals surface area contributed by atoms with Crippen LogP contribution in [-0.4, -0.2) is 45.2 Å². The third kappa shape index (κ3) is 4.39. The van der Waals surface area contributed by atoms with E-state index in [2.05, 4.69) is 5.32 Å². The fourth-order valence-corrected chi connectivity index (χ4v) is 2.02. The van der Waals surface area contributed by atoms with E-state index < -0.39 is 14.6 Å². The smallest absolute Gasteiger partial charge is 0.154 e. The SMILES string of the molecule is CCCOCC(NCC)C(C)(C)S(C)(=O)=O. The number of sulfone groups is 1. The summed E-state index contributed by atoms with van der Waals surface area (Å²) in [5.41, 5.74) is 0. The molecule has 0 saturated carbocycles. The minimum Gasteiger partial charge on any atom is -0.380 e. The first-order valence-corrected chi connectivity index (χ1v) is 7.67. The monoisotopic (exact) mass is 251 g/mol. The maximum Gasteiger partial charge on any atom is 0.154 e. The molecule has 5 heteroatoms. The Labute approximate surface area is 99.7 Å². The molecular weight excluding hydrogens is 226 g/mol. The predicted octanol–water partition coefficient (Wildman–Crippen LogP) is 1.21. The third-order valence-corrected chi connectivity index (χ3v) is 5.07. The van der Waals surface area contributed by atoms with Crippen LogP contribution in [0.15, 0.2) is 0 Å². The topological polar surface area (TPSA) is 55.4 Å². The maximum absolute atomic E-state index is 11.7. The van der Waals surface area contributed by atoms with Gasteiger partial charge in [-0.2, -0.15) is 0 Å². The summed E-state index contributed by atoms with van der Waals surface area (Å²) in [7, 11) is -3.10. The molecule has 0 aliphatic carbocycles.